The van der Waals surface area contributed by atoms with Gasteiger partial charge in [0.1, 0.15) is 5.82 Å². The minimum atomic E-state index is -0.359. The molecule has 4 heteroatoms. The molecule has 86 valence electrons. The lowest BCUT2D eigenvalue weighted by Gasteiger charge is -2.04. The van der Waals surface area contributed by atoms with Crippen molar-refractivity contribution in [2.45, 2.75) is 13.8 Å². The Morgan fingerprint density at radius 3 is 2.88 bits per heavy atom. The Kier molecular flexibility index (Phi) is 4.05. The van der Waals surface area contributed by atoms with E-state index < -0.39 is 0 Å². The van der Waals surface area contributed by atoms with Crippen LogP contribution in [0.3, 0.4) is 0 Å². The summed E-state index contributed by atoms with van der Waals surface area (Å²) in [5, 5.41) is 2.61. The van der Waals surface area contributed by atoms with E-state index in [2.05, 4.69) is 5.32 Å². The van der Waals surface area contributed by atoms with Gasteiger partial charge in [0.25, 0.3) is 0 Å². The summed E-state index contributed by atoms with van der Waals surface area (Å²) >= 11 is 0. The zero-order valence-electron chi connectivity index (χ0n) is 9.38. The Morgan fingerprint density at radius 1 is 1.56 bits per heavy atom. The second kappa shape index (κ2) is 5.30. The molecular formula is C12H15FN2O. The molecule has 0 aromatic heterocycles. The number of nitrogen functional groups attached to an aromatic ring is 1. The standard InChI is InChI=1S/C12H15FN2O/c1-8-10(4-3-5-15-9(2)16)6-11(13)7-12(8)14/h3-4,6-7H,5,14H2,1-2H3,(H,15,16). The molecule has 0 radical (unpaired) electrons. The highest BCUT2D eigenvalue weighted by Gasteiger charge is 2.01. The van der Waals surface area contributed by atoms with Gasteiger partial charge in [0, 0.05) is 19.2 Å². The van der Waals surface area contributed by atoms with Crippen LogP contribution in [0, 0.1) is 12.7 Å². The smallest absolute Gasteiger partial charge is 0.217 e. The second-order valence-corrected chi connectivity index (χ2v) is 3.55. The summed E-state index contributed by atoms with van der Waals surface area (Å²) in [4.78, 5) is 10.6. The summed E-state index contributed by atoms with van der Waals surface area (Å²) in [5.41, 5.74) is 7.62. The van der Waals surface area contributed by atoms with Crippen LogP contribution >= 0.6 is 0 Å². The topological polar surface area (TPSA) is 55.1 Å². The van der Waals surface area contributed by atoms with E-state index in [9.17, 15) is 9.18 Å². The van der Waals surface area contributed by atoms with Gasteiger partial charge in [-0.1, -0.05) is 12.2 Å². The van der Waals surface area contributed by atoms with Crippen molar-refractivity contribution >= 4 is 17.7 Å². The molecule has 0 aliphatic rings. The summed E-state index contributed by atoms with van der Waals surface area (Å²) in [6.45, 7) is 3.69. The number of halogens is 1. The van der Waals surface area contributed by atoms with Gasteiger partial charge in [-0.2, -0.15) is 0 Å². The maximum absolute atomic E-state index is 13.1. The number of nitrogens with two attached hydrogens (primary N) is 1. The van der Waals surface area contributed by atoms with Crippen LogP contribution < -0.4 is 11.1 Å². The third-order valence-electron chi connectivity index (χ3n) is 2.22. The molecule has 3 nitrogen and oxygen atoms in total. The van der Waals surface area contributed by atoms with E-state index in [-0.39, 0.29) is 11.7 Å². The molecule has 0 unspecified atom stereocenters. The van der Waals surface area contributed by atoms with Gasteiger partial charge in [-0.05, 0) is 30.2 Å². The second-order valence-electron chi connectivity index (χ2n) is 3.55. The van der Waals surface area contributed by atoms with Crippen molar-refractivity contribution in [2.24, 2.45) is 0 Å². The fourth-order valence-electron chi connectivity index (χ4n) is 1.28. The Labute approximate surface area is 94.1 Å². The number of carbonyl (C=O) groups excluding carboxylic acids is 1. The van der Waals surface area contributed by atoms with E-state index in [1.807, 2.05) is 6.92 Å². The van der Waals surface area contributed by atoms with Gasteiger partial charge in [-0.25, -0.2) is 4.39 Å². The number of carbonyl (C=O) groups is 1. The molecule has 0 heterocycles. The van der Waals surface area contributed by atoms with E-state index in [4.69, 9.17) is 5.73 Å². The molecular weight excluding hydrogens is 207 g/mol. The predicted molar refractivity (Wildman–Crippen MR) is 63.3 cm³/mol. The molecule has 0 saturated heterocycles. The van der Waals surface area contributed by atoms with Crippen molar-refractivity contribution in [3.05, 3.63) is 35.2 Å². The van der Waals surface area contributed by atoms with E-state index in [1.54, 1.807) is 12.2 Å². The van der Waals surface area contributed by atoms with Crippen LogP contribution in [0.2, 0.25) is 0 Å². The Bertz CT molecular complexity index is 427. The van der Waals surface area contributed by atoms with Crippen LogP contribution in [0.4, 0.5) is 10.1 Å². The summed E-state index contributed by atoms with van der Waals surface area (Å²) in [6, 6.07) is 2.70. The number of amides is 1. The molecule has 16 heavy (non-hydrogen) atoms. The molecule has 1 rings (SSSR count). The van der Waals surface area contributed by atoms with Crippen LogP contribution in [-0.2, 0) is 4.79 Å². The van der Waals surface area contributed by atoms with Crippen molar-refractivity contribution in [1.82, 2.24) is 5.32 Å². The first kappa shape index (κ1) is 12.2. The fraction of sp³-hybridized carbons (Fsp3) is 0.250. The molecule has 0 bridgehead atoms. The first-order valence-electron chi connectivity index (χ1n) is 4.97. The van der Waals surface area contributed by atoms with Gasteiger partial charge in [0.15, 0.2) is 0 Å². The van der Waals surface area contributed by atoms with Crippen LogP contribution in [0.15, 0.2) is 18.2 Å². The molecule has 0 atom stereocenters. The van der Waals surface area contributed by atoms with E-state index in [0.717, 1.165) is 11.1 Å². The number of hydrogen-bond donors (Lipinski definition) is 2. The first-order valence-corrected chi connectivity index (χ1v) is 4.97. The third kappa shape index (κ3) is 3.38. The van der Waals surface area contributed by atoms with Gasteiger partial charge in [0.2, 0.25) is 5.91 Å². The van der Waals surface area contributed by atoms with Crippen LogP contribution in [0.25, 0.3) is 6.08 Å². The highest BCUT2D eigenvalue weighted by Crippen LogP contribution is 2.19. The third-order valence-corrected chi connectivity index (χ3v) is 2.22. The lowest BCUT2D eigenvalue weighted by atomic mass is 10.1. The van der Waals surface area contributed by atoms with Gasteiger partial charge in [0.05, 0.1) is 0 Å². The minimum Gasteiger partial charge on any atom is -0.398 e. The molecule has 1 amide bonds. The van der Waals surface area contributed by atoms with Crippen LogP contribution in [0.5, 0.6) is 0 Å². The lowest BCUT2D eigenvalue weighted by molar-refractivity contribution is -0.118. The highest BCUT2D eigenvalue weighted by molar-refractivity contribution is 5.73. The number of anilines is 1. The monoisotopic (exact) mass is 222 g/mol. The van der Waals surface area contributed by atoms with Crippen molar-refractivity contribution in [2.75, 3.05) is 12.3 Å². The van der Waals surface area contributed by atoms with Gasteiger partial charge >= 0.3 is 0 Å². The summed E-state index contributed by atoms with van der Waals surface area (Å²) in [7, 11) is 0. The molecule has 0 aliphatic heterocycles. The maximum Gasteiger partial charge on any atom is 0.217 e. The van der Waals surface area contributed by atoms with E-state index in [0.29, 0.717) is 12.2 Å². The normalized spacial score (nSPS) is 10.7. The first-order chi connectivity index (χ1) is 7.50. The summed E-state index contributed by atoms with van der Waals surface area (Å²) in [5.74, 6) is -0.456. The van der Waals surface area contributed by atoms with Crippen molar-refractivity contribution < 1.29 is 9.18 Å². The summed E-state index contributed by atoms with van der Waals surface area (Å²) < 4.78 is 13.1. The average molecular weight is 222 g/mol. The SMILES string of the molecule is CC(=O)NCC=Cc1cc(F)cc(N)c1C. The Balaban J connectivity index is 2.77. The van der Waals surface area contributed by atoms with Crippen molar-refractivity contribution in [3.8, 4) is 0 Å². The van der Waals surface area contributed by atoms with Gasteiger partial charge < -0.3 is 11.1 Å². The quantitative estimate of drug-likeness (QED) is 0.767. The van der Waals surface area contributed by atoms with Crippen LogP contribution in [-0.4, -0.2) is 12.5 Å². The van der Waals surface area contributed by atoms with Crippen molar-refractivity contribution in [1.29, 1.82) is 0 Å². The molecule has 0 spiro atoms. The predicted octanol–water partition coefficient (Wildman–Crippen LogP) is 1.87. The largest absolute Gasteiger partial charge is 0.398 e. The number of hydrogen-bond acceptors (Lipinski definition) is 2. The fourth-order valence-corrected chi connectivity index (χ4v) is 1.28. The Morgan fingerprint density at radius 2 is 2.25 bits per heavy atom. The van der Waals surface area contributed by atoms with Gasteiger partial charge in [-0.3, -0.25) is 4.79 Å². The van der Waals surface area contributed by atoms with Crippen LogP contribution in [0.1, 0.15) is 18.1 Å². The molecule has 1 aromatic carbocycles. The number of nitrogens with one attached hydrogen (secondary N) is 1. The molecule has 0 fully saturated rings. The highest BCUT2D eigenvalue weighted by atomic mass is 19.1. The van der Waals surface area contributed by atoms with Gasteiger partial charge in [-0.15, -0.1) is 0 Å². The average Bonchev–Trinajstić information content (AvgIpc) is 2.19. The van der Waals surface area contributed by atoms with E-state index >= 15 is 0 Å². The summed E-state index contributed by atoms with van der Waals surface area (Å²) in [6.07, 6.45) is 3.49. The molecule has 0 saturated carbocycles. The minimum absolute atomic E-state index is 0.0971. The maximum atomic E-state index is 13.1. The zero-order valence-corrected chi connectivity index (χ0v) is 9.38. The lowest BCUT2D eigenvalue weighted by Crippen LogP contribution is -2.19. The molecule has 3 N–H and O–H groups in total. The Hall–Kier alpha value is -1.84. The zero-order chi connectivity index (χ0) is 12.1. The van der Waals surface area contributed by atoms with Crippen molar-refractivity contribution in [3.63, 3.8) is 0 Å². The van der Waals surface area contributed by atoms with E-state index in [1.165, 1.54) is 19.1 Å². The molecule has 1 aromatic rings. The number of rotatable bonds is 3. The molecule has 0 aliphatic carbocycles. The number of benzene rings is 1.